The quantitative estimate of drug-likeness (QED) is 0.342. The van der Waals surface area contributed by atoms with Crippen LogP contribution in [0.2, 0.25) is 0 Å². The number of nitrogens with zero attached hydrogens (tertiary/aromatic N) is 3. The fourth-order valence-electron chi connectivity index (χ4n) is 2.62. The maximum atomic E-state index is 12.3. The van der Waals surface area contributed by atoms with Gasteiger partial charge in [0.1, 0.15) is 0 Å². The SMILES string of the molecule is Cc1ccc(C(=O)Nc2nnc(Cc3ccc(SC(C)C)cc3)o2)cc1[N+](=O)[O-]. The number of nitro benzene ring substituents is 1. The molecule has 0 spiro atoms. The van der Waals surface area contributed by atoms with Gasteiger partial charge in [-0.1, -0.05) is 37.1 Å². The lowest BCUT2D eigenvalue weighted by Gasteiger charge is -2.05. The fraction of sp³-hybridized carbons (Fsp3) is 0.250. The molecule has 0 fully saturated rings. The molecule has 1 N–H and O–H groups in total. The third-order valence-electron chi connectivity index (χ3n) is 4.01. The molecular formula is C20H20N4O4S. The van der Waals surface area contributed by atoms with Crippen LogP contribution < -0.4 is 5.32 Å². The molecule has 0 radical (unpaired) electrons. The Balaban J connectivity index is 1.65. The molecule has 0 aliphatic rings. The molecule has 0 saturated carbocycles. The number of rotatable bonds is 7. The number of carbonyl (C=O) groups is 1. The normalized spacial score (nSPS) is 10.9. The number of aromatic nitrogens is 2. The van der Waals surface area contributed by atoms with E-state index in [1.54, 1.807) is 18.7 Å². The van der Waals surface area contributed by atoms with E-state index in [4.69, 9.17) is 4.42 Å². The number of benzene rings is 2. The summed E-state index contributed by atoms with van der Waals surface area (Å²) in [6.45, 7) is 5.89. The Labute approximate surface area is 171 Å². The van der Waals surface area contributed by atoms with Gasteiger partial charge in [0.25, 0.3) is 11.6 Å². The number of nitrogens with one attached hydrogen (secondary N) is 1. The van der Waals surface area contributed by atoms with Crippen LogP contribution in [0.5, 0.6) is 0 Å². The van der Waals surface area contributed by atoms with Crippen molar-refractivity contribution in [2.75, 3.05) is 5.32 Å². The number of thioether (sulfide) groups is 1. The van der Waals surface area contributed by atoms with Gasteiger partial charge in [-0.15, -0.1) is 16.9 Å². The van der Waals surface area contributed by atoms with Crippen molar-refractivity contribution in [2.24, 2.45) is 0 Å². The van der Waals surface area contributed by atoms with Crippen LogP contribution in [0.3, 0.4) is 0 Å². The van der Waals surface area contributed by atoms with Crippen molar-refractivity contribution in [3.05, 3.63) is 75.2 Å². The van der Waals surface area contributed by atoms with E-state index >= 15 is 0 Å². The lowest BCUT2D eigenvalue weighted by atomic mass is 10.1. The van der Waals surface area contributed by atoms with Gasteiger partial charge in [0, 0.05) is 27.3 Å². The third-order valence-corrected chi connectivity index (χ3v) is 5.02. The van der Waals surface area contributed by atoms with Crippen LogP contribution in [0.4, 0.5) is 11.7 Å². The van der Waals surface area contributed by atoms with E-state index < -0.39 is 10.8 Å². The number of hydrogen-bond donors (Lipinski definition) is 1. The van der Waals surface area contributed by atoms with Gasteiger partial charge < -0.3 is 4.42 Å². The molecule has 0 aliphatic carbocycles. The Morgan fingerprint density at radius 1 is 1.21 bits per heavy atom. The second-order valence-electron chi connectivity index (χ2n) is 6.70. The van der Waals surface area contributed by atoms with E-state index in [9.17, 15) is 14.9 Å². The zero-order valence-corrected chi connectivity index (χ0v) is 17.0. The molecule has 0 bridgehead atoms. The number of aryl methyl sites for hydroxylation is 1. The summed E-state index contributed by atoms with van der Waals surface area (Å²) in [6.07, 6.45) is 0.436. The predicted molar refractivity (Wildman–Crippen MR) is 110 cm³/mol. The Kier molecular flexibility index (Phi) is 6.28. The average Bonchev–Trinajstić information content (AvgIpc) is 3.09. The van der Waals surface area contributed by atoms with Crippen molar-refractivity contribution in [1.29, 1.82) is 0 Å². The summed E-state index contributed by atoms with van der Waals surface area (Å²) in [7, 11) is 0. The molecule has 0 atom stereocenters. The zero-order valence-electron chi connectivity index (χ0n) is 16.2. The average molecular weight is 412 g/mol. The molecule has 0 unspecified atom stereocenters. The van der Waals surface area contributed by atoms with E-state index in [1.165, 1.54) is 23.1 Å². The molecule has 0 aliphatic heterocycles. The Morgan fingerprint density at radius 3 is 2.59 bits per heavy atom. The highest BCUT2D eigenvalue weighted by Gasteiger charge is 2.17. The predicted octanol–water partition coefficient (Wildman–Crippen LogP) is 4.63. The molecule has 2 aromatic carbocycles. The summed E-state index contributed by atoms with van der Waals surface area (Å²) in [5.74, 6) is -0.196. The highest BCUT2D eigenvalue weighted by Crippen LogP contribution is 2.24. The van der Waals surface area contributed by atoms with Crippen molar-refractivity contribution in [2.45, 2.75) is 37.3 Å². The molecular weight excluding hydrogens is 392 g/mol. The van der Waals surface area contributed by atoms with Crippen molar-refractivity contribution in [1.82, 2.24) is 10.2 Å². The molecule has 1 heterocycles. The highest BCUT2D eigenvalue weighted by molar-refractivity contribution is 7.99. The van der Waals surface area contributed by atoms with E-state index in [-0.39, 0.29) is 17.3 Å². The smallest absolute Gasteiger partial charge is 0.322 e. The van der Waals surface area contributed by atoms with Crippen LogP contribution in [-0.4, -0.2) is 26.3 Å². The first-order valence-electron chi connectivity index (χ1n) is 8.96. The van der Waals surface area contributed by atoms with E-state index in [0.717, 1.165) is 5.56 Å². The van der Waals surface area contributed by atoms with Gasteiger partial charge in [-0.05, 0) is 30.7 Å². The first-order valence-corrected chi connectivity index (χ1v) is 9.84. The monoisotopic (exact) mass is 412 g/mol. The van der Waals surface area contributed by atoms with Crippen LogP contribution in [0, 0.1) is 17.0 Å². The molecule has 29 heavy (non-hydrogen) atoms. The van der Waals surface area contributed by atoms with Crippen LogP contribution in [0.25, 0.3) is 0 Å². The second kappa shape index (κ2) is 8.87. The molecule has 3 aromatic rings. The zero-order chi connectivity index (χ0) is 21.0. The van der Waals surface area contributed by atoms with Crippen LogP contribution in [-0.2, 0) is 6.42 Å². The molecule has 8 nitrogen and oxygen atoms in total. The minimum atomic E-state index is -0.557. The summed E-state index contributed by atoms with van der Waals surface area (Å²) >= 11 is 1.78. The number of carbonyl (C=O) groups excluding carboxylic acids is 1. The largest absolute Gasteiger partial charge is 0.407 e. The van der Waals surface area contributed by atoms with Gasteiger partial charge in [-0.25, -0.2) is 0 Å². The summed E-state index contributed by atoms with van der Waals surface area (Å²) in [5.41, 5.74) is 1.50. The second-order valence-corrected chi connectivity index (χ2v) is 8.35. The molecule has 3 rings (SSSR count). The number of anilines is 1. The van der Waals surface area contributed by atoms with Crippen molar-refractivity contribution >= 4 is 29.4 Å². The highest BCUT2D eigenvalue weighted by atomic mass is 32.2. The third kappa shape index (κ3) is 5.41. The van der Waals surface area contributed by atoms with Gasteiger partial charge in [-0.3, -0.25) is 20.2 Å². The summed E-state index contributed by atoms with van der Waals surface area (Å²) in [4.78, 5) is 24.0. The minimum absolute atomic E-state index is 0.0554. The first kappa shape index (κ1) is 20.5. The molecule has 9 heteroatoms. The van der Waals surface area contributed by atoms with Crippen LogP contribution >= 0.6 is 11.8 Å². The molecule has 150 valence electrons. The van der Waals surface area contributed by atoms with Crippen molar-refractivity contribution < 1.29 is 14.1 Å². The van der Waals surface area contributed by atoms with Gasteiger partial charge in [-0.2, -0.15) is 0 Å². The summed E-state index contributed by atoms with van der Waals surface area (Å²) < 4.78 is 5.48. The van der Waals surface area contributed by atoms with E-state index in [1.807, 2.05) is 24.3 Å². The van der Waals surface area contributed by atoms with Crippen LogP contribution in [0.1, 0.15) is 41.2 Å². The number of nitro groups is 1. The maximum Gasteiger partial charge on any atom is 0.322 e. The summed E-state index contributed by atoms with van der Waals surface area (Å²) in [5, 5.41) is 21.8. The molecule has 1 amide bonds. The van der Waals surface area contributed by atoms with Crippen LogP contribution in [0.15, 0.2) is 51.8 Å². The Hall–Kier alpha value is -3.20. The molecule has 0 saturated heterocycles. The van der Waals surface area contributed by atoms with Gasteiger partial charge in [0.05, 0.1) is 11.3 Å². The van der Waals surface area contributed by atoms with Gasteiger partial charge >= 0.3 is 6.01 Å². The fourth-order valence-corrected chi connectivity index (χ4v) is 3.46. The van der Waals surface area contributed by atoms with Crippen molar-refractivity contribution in [3.63, 3.8) is 0 Å². The minimum Gasteiger partial charge on any atom is -0.407 e. The first-order chi connectivity index (χ1) is 13.8. The van der Waals surface area contributed by atoms with Gasteiger partial charge in [0.15, 0.2) is 0 Å². The maximum absolute atomic E-state index is 12.3. The number of hydrogen-bond acceptors (Lipinski definition) is 7. The molecule has 1 aromatic heterocycles. The van der Waals surface area contributed by atoms with Crippen molar-refractivity contribution in [3.8, 4) is 0 Å². The Bertz CT molecular complexity index is 1030. The summed E-state index contributed by atoms with van der Waals surface area (Å²) in [6, 6.07) is 12.3. The van der Waals surface area contributed by atoms with E-state index in [2.05, 4.69) is 29.4 Å². The lowest BCUT2D eigenvalue weighted by Crippen LogP contribution is -2.12. The van der Waals surface area contributed by atoms with Gasteiger partial charge in [0.2, 0.25) is 5.89 Å². The van der Waals surface area contributed by atoms with E-state index in [0.29, 0.717) is 23.1 Å². The lowest BCUT2D eigenvalue weighted by molar-refractivity contribution is -0.385. The standard InChI is InChI=1S/C20H20N4O4S/c1-12(2)29-16-8-5-14(6-9-16)10-18-22-23-20(28-18)21-19(25)15-7-4-13(3)17(11-15)24(26)27/h4-9,11-12H,10H2,1-3H3,(H,21,23,25). The topological polar surface area (TPSA) is 111 Å². The Morgan fingerprint density at radius 2 is 1.93 bits per heavy atom. The number of amides is 1.